The fourth-order valence-corrected chi connectivity index (χ4v) is 2.20. The van der Waals surface area contributed by atoms with Crippen LogP contribution in [0.5, 0.6) is 0 Å². The average molecular weight is 237 g/mol. The first-order chi connectivity index (χ1) is 8.84. The van der Waals surface area contributed by atoms with Crippen LogP contribution in [-0.2, 0) is 13.0 Å². The Hall–Kier alpha value is -2.29. The quantitative estimate of drug-likeness (QED) is 0.761. The van der Waals surface area contributed by atoms with E-state index in [4.69, 9.17) is 5.73 Å². The van der Waals surface area contributed by atoms with Crippen molar-refractivity contribution in [1.29, 1.82) is 0 Å². The number of aryl methyl sites for hydroxylation is 2. The molecule has 2 N–H and O–H groups in total. The van der Waals surface area contributed by atoms with Crippen LogP contribution >= 0.6 is 0 Å². The monoisotopic (exact) mass is 237 g/mol. The predicted molar refractivity (Wildman–Crippen MR) is 74.3 cm³/mol. The minimum Gasteiger partial charge on any atom is -0.382 e. The summed E-state index contributed by atoms with van der Waals surface area (Å²) in [5, 5.41) is 5.43. The molecule has 0 saturated heterocycles. The molecule has 18 heavy (non-hydrogen) atoms. The highest BCUT2D eigenvalue weighted by Crippen LogP contribution is 2.20. The third kappa shape index (κ3) is 1.95. The highest BCUT2D eigenvalue weighted by Gasteiger charge is 2.06. The minimum absolute atomic E-state index is 0.610. The number of hydrogen-bond donors (Lipinski definition) is 1. The van der Waals surface area contributed by atoms with Crippen LogP contribution in [0.3, 0.4) is 0 Å². The lowest BCUT2D eigenvalue weighted by Crippen LogP contribution is -2.03. The first-order valence-electron chi connectivity index (χ1n) is 6.09. The van der Waals surface area contributed by atoms with E-state index in [1.807, 2.05) is 28.9 Å². The molecular formula is C15H15N3. The second-order valence-electron chi connectivity index (χ2n) is 4.36. The molecule has 0 fully saturated rings. The second kappa shape index (κ2) is 4.53. The van der Waals surface area contributed by atoms with Crippen LogP contribution in [-0.4, -0.2) is 9.78 Å². The number of fused-ring (bicyclic) bond motifs is 1. The number of aromatic nitrogens is 2. The first kappa shape index (κ1) is 10.8. The van der Waals surface area contributed by atoms with E-state index < -0.39 is 0 Å². The zero-order chi connectivity index (χ0) is 12.4. The van der Waals surface area contributed by atoms with Gasteiger partial charge < -0.3 is 5.73 Å². The fourth-order valence-electron chi connectivity index (χ4n) is 2.20. The van der Waals surface area contributed by atoms with Gasteiger partial charge in [0.05, 0.1) is 5.52 Å². The Balaban J connectivity index is 1.87. The fraction of sp³-hybridized carbons (Fsp3) is 0.133. The van der Waals surface area contributed by atoms with Crippen molar-refractivity contribution in [1.82, 2.24) is 9.78 Å². The predicted octanol–water partition coefficient (Wildman–Crippen LogP) is 2.86. The van der Waals surface area contributed by atoms with Gasteiger partial charge in [0.15, 0.2) is 5.82 Å². The number of rotatable bonds is 3. The van der Waals surface area contributed by atoms with E-state index in [9.17, 15) is 0 Å². The van der Waals surface area contributed by atoms with E-state index in [1.165, 1.54) is 5.56 Å². The number of benzene rings is 2. The molecule has 0 atom stereocenters. The summed E-state index contributed by atoms with van der Waals surface area (Å²) in [5.41, 5.74) is 8.33. The zero-order valence-electron chi connectivity index (χ0n) is 10.1. The van der Waals surface area contributed by atoms with Gasteiger partial charge in [0.2, 0.25) is 0 Å². The molecule has 0 aliphatic rings. The Bertz CT molecular complexity index is 656. The van der Waals surface area contributed by atoms with E-state index in [0.717, 1.165) is 23.9 Å². The molecule has 0 spiro atoms. The van der Waals surface area contributed by atoms with E-state index in [1.54, 1.807) is 0 Å². The van der Waals surface area contributed by atoms with Crippen LogP contribution in [0.25, 0.3) is 10.9 Å². The van der Waals surface area contributed by atoms with E-state index in [2.05, 4.69) is 35.4 Å². The van der Waals surface area contributed by atoms with Crippen LogP contribution in [0.4, 0.5) is 5.82 Å². The summed E-state index contributed by atoms with van der Waals surface area (Å²) in [5.74, 6) is 0.610. The molecular weight excluding hydrogens is 222 g/mol. The summed E-state index contributed by atoms with van der Waals surface area (Å²) >= 11 is 0. The van der Waals surface area contributed by atoms with Gasteiger partial charge in [-0.2, -0.15) is 5.10 Å². The first-order valence-corrected chi connectivity index (χ1v) is 6.09. The van der Waals surface area contributed by atoms with Gasteiger partial charge in [-0.3, -0.25) is 4.68 Å². The van der Waals surface area contributed by atoms with Crippen LogP contribution in [0, 0.1) is 0 Å². The van der Waals surface area contributed by atoms with Gasteiger partial charge in [-0.25, -0.2) is 0 Å². The topological polar surface area (TPSA) is 43.8 Å². The van der Waals surface area contributed by atoms with Crippen LogP contribution in [0.2, 0.25) is 0 Å². The summed E-state index contributed by atoms with van der Waals surface area (Å²) in [7, 11) is 0. The molecule has 0 saturated carbocycles. The van der Waals surface area contributed by atoms with Gasteiger partial charge in [0.1, 0.15) is 0 Å². The van der Waals surface area contributed by atoms with E-state index >= 15 is 0 Å². The van der Waals surface area contributed by atoms with Gasteiger partial charge in [0, 0.05) is 11.9 Å². The molecule has 1 aromatic heterocycles. The number of nitrogen functional groups attached to an aromatic ring is 1. The Morgan fingerprint density at radius 2 is 1.67 bits per heavy atom. The summed E-state index contributed by atoms with van der Waals surface area (Å²) in [4.78, 5) is 0. The smallest absolute Gasteiger partial charge is 0.153 e. The molecule has 0 aliphatic heterocycles. The van der Waals surface area contributed by atoms with Crippen molar-refractivity contribution in [2.75, 3.05) is 5.73 Å². The largest absolute Gasteiger partial charge is 0.382 e. The van der Waals surface area contributed by atoms with Crippen molar-refractivity contribution in [2.24, 2.45) is 0 Å². The second-order valence-corrected chi connectivity index (χ2v) is 4.36. The maximum atomic E-state index is 5.91. The molecule has 0 bridgehead atoms. The molecule has 3 nitrogen and oxygen atoms in total. The Kier molecular flexibility index (Phi) is 2.73. The summed E-state index contributed by atoms with van der Waals surface area (Å²) in [6.07, 6.45) is 0.964. The number of nitrogens with two attached hydrogens (primary N) is 1. The molecule has 3 heteroatoms. The summed E-state index contributed by atoms with van der Waals surface area (Å²) in [6.45, 7) is 0.849. The number of nitrogens with zero attached hydrogens (tertiary/aromatic N) is 2. The lowest BCUT2D eigenvalue weighted by Gasteiger charge is -2.03. The number of anilines is 1. The molecule has 3 aromatic rings. The van der Waals surface area contributed by atoms with Crippen molar-refractivity contribution in [3.05, 3.63) is 60.2 Å². The van der Waals surface area contributed by atoms with Crippen LogP contribution in [0.1, 0.15) is 5.56 Å². The average Bonchev–Trinajstić information content (AvgIpc) is 2.75. The molecule has 2 aromatic carbocycles. The third-order valence-corrected chi connectivity index (χ3v) is 3.14. The SMILES string of the molecule is Nc1nn(CCc2ccccc2)c2ccccc12. The van der Waals surface area contributed by atoms with Gasteiger partial charge in [-0.15, -0.1) is 0 Å². The third-order valence-electron chi connectivity index (χ3n) is 3.14. The van der Waals surface area contributed by atoms with E-state index in [-0.39, 0.29) is 0 Å². The van der Waals surface area contributed by atoms with Crippen molar-refractivity contribution < 1.29 is 0 Å². The van der Waals surface area contributed by atoms with Crippen molar-refractivity contribution in [2.45, 2.75) is 13.0 Å². The van der Waals surface area contributed by atoms with Crippen molar-refractivity contribution >= 4 is 16.7 Å². The molecule has 0 radical (unpaired) electrons. The maximum absolute atomic E-state index is 5.91. The van der Waals surface area contributed by atoms with Gasteiger partial charge in [-0.05, 0) is 24.1 Å². The molecule has 0 unspecified atom stereocenters. The van der Waals surface area contributed by atoms with Gasteiger partial charge in [-0.1, -0.05) is 42.5 Å². The highest BCUT2D eigenvalue weighted by molar-refractivity contribution is 5.88. The molecule has 1 heterocycles. The maximum Gasteiger partial charge on any atom is 0.153 e. The number of hydrogen-bond acceptors (Lipinski definition) is 2. The van der Waals surface area contributed by atoms with Crippen LogP contribution in [0.15, 0.2) is 54.6 Å². The number of para-hydroxylation sites is 1. The zero-order valence-corrected chi connectivity index (χ0v) is 10.1. The van der Waals surface area contributed by atoms with Crippen molar-refractivity contribution in [3.63, 3.8) is 0 Å². The molecule has 90 valence electrons. The Morgan fingerprint density at radius 3 is 2.50 bits per heavy atom. The molecule has 3 rings (SSSR count). The standard InChI is InChI=1S/C15H15N3/c16-15-13-8-4-5-9-14(13)18(17-15)11-10-12-6-2-1-3-7-12/h1-9H,10-11H2,(H2,16,17). The van der Waals surface area contributed by atoms with E-state index in [0.29, 0.717) is 5.82 Å². The van der Waals surface area contributed by atoms with Gasteiger partial charge >= 0.3 is 0 Å². The lowest BCUT2D eigenvalue weighted by atomic mass is 10.1. The highest BCUT2D eigenvalue weighted by atomic mass is 15.3. The lowest BCUT2D eigenvalue weighted by molar-refractivity contribution is 0.638. The van der Waals surface area contributed by atoms with Crippen LogP contribution < -0.4 is 5.73 Å². The van der Waals surface area contributed by atoms with Crippen molar-refractivity contribution in [3.8, 4) is 0 Å². The minimum atomic E-state index is 0.610. The molecule has 0 aliphatic carbocycles. The molecule has 0 amide bonds. The summed E-state index contributed by atoms with van der Waals surface area (Å²) < 4.78 is 1.98. The van der Waals surface area contributed by atoms with Gasteiger partial charge in [0.25, 0.3) is 0 Å². The summed E-state index contributed by atoms with van der Waals surface area (Å²) in [6, 6.07) is 18.5. The Morgan fingerprint density at radius 1 is 0.944 bits per heavy atom. The normalized spacial score (nSPS) is 10.9. The Labute approximate surface area is 106 Å².